The maximum absolute atomic E-state index is 13.3. The van der Waals surface area contributed by atoms with Crippen LogP contribution in [0.3, 0.4) is 0 Å². The number of alkyl halides is 3. The van der Waals surface area contributed by atoms with Gasteiger partial charge < -0.3 is 14.8 Å². The maximum Gasteiger partial charge on any atom is 0.433 e. The fourth-order valence-corrected chi connectivity index (χ4v) is 3.08. The molecule has 2 heterocycles. The van der Waals surface area contributed by atoms with Crippen LogP contribution >= 0.6 is 11.6 Å². The summed E-state index contributed by atoms with van der Waals surface area (Å²) in [5, 5.41) is 3.27. The van der Waals surface area contributed by atoms with Crippen LogP contribution < -0.4 is 15.6 Å². The molecule has 154 valence electrons. The lowest BCUT2D eigenvalue weighted by molar-refractivity contribution is -0.141. The van der Waals surface area contributed by atoms with Crippen LogP contribution in [0.1, 0.15) is 5.69 Å². The van der Waals surface area contributed by atoms with E-state index in [9.17, 15) is 18.0 Å². The molecule has 0 radical (unpaired) electrons. The van der Waals surface area contributed by atoms with Crippen molar-refractivity contribution in [3.05, 3.63) is 57.5 Å². The Morgan fingerprint density at radius 2 is 1.90 bits per heavy atom. The van der Waals surface area contributed by atoms with E-state index >= 15 is 0 Å². The number of benzene rings is 1. The summed E-state index contributed by atoms with van der Waals surface area (Å²) in [6.45, 7) is 0.292. The third-order valence-corrected chi connectivity index (χ3v) is 4.47. The normalized spacial score (nSPS) is 11.7. The maximum atomic E-state index is 13.3. The summed E-state index contributed by atoms with van der Waals surface area (Å²) in [5.41, 5.74) is -1.60. The lowest BCUT2D eigenvalue weighted by Crippen LogP contribution is -2.25. The molecule has 0 fully saturated rings. The largest absolute Gasteiger partial charge is 0.484 e. The molecule has 1 aromatic carbocycles. The second kappa shape index (κ2) is 8.30. The van der Waals surface area contributed by atoms with Crippen LogP contribution in [0.15, 0.2) is 41.2 Å². The number of fused-ring (bicyclic) bond motifs is 1. The molecule has 0 spiro atoms. The molecule has 3 rings (SSSR count). The van der Waals surface area contributed by atoms with Crippen molar-refractivity contribution in [2.24, 2.45) is 0 Å². The van der Waals surface area contributed by atoms with Crippen molar-refractivity contribution in [2.45, 2.75) is 6.18 Å². The van der Waals surface area contributed by atoms with Gasteiger partial charge in [0, 0.05) is 19.5 Å². The molecule has 0 atom stereocenters. The zero-order chi connectivity index (χ0) is 21.2. The van der Waals surface area contributed by atoms with Gasteiger partial charge in [-0.1, -0.05) is 23.7 Å². The Morgan fingerprint density at radius 1 is 1.17 bits per heavy atom. The molecule has 0 saturated heterocycles. The van der Waals surface area contributed by atoms with Gasteiger partial charge in [-0.3, -0.25) is 9.36 Å². The Morgan fingerprint density at radius 3 is 2.52 bits per heavy atom. The average molecular weight is 428 g/mol. The molecule has 3 aromatic rings. The van der Waals surface area contributed by atoms with Crippen LogP contribution in [0.2, 0.25) is 5.02 Å². The van der Waals surface area contributed by atoms with E-state index in [-0.39, 0.29) is 46.4 Å². The molecule has 0 aliphatic heterocycles. The quantitative estimate of drug-likeness (QED) is 0.599. The molecule has 1 N–H and O–H groups in total. The van der Waals surface area contributed by atoms with E-state index in [1.54, 1.807) is 12.1 Å². The summed E-state index contributed by atoms with van der Waals surface area (Å²) in [6.07, 6.45) is -4.68. The van der Waals surface area contributed by atoms with Crippen LogP contribution in [0.4, 0.5) is 18.9 Å². The van der Waals surface area contributed by atoms with Crippen molar-refractivity contribution in [2.75, 3.05) is 32.7 Å². The molecular weight excluding hydrogens is 411 g/mol. The number of halogens is 4. The summed E-state index contributed by atoms with van der Waals surface area (Å²) in [4.78, 5) is 17.0. The molecule has 10 heteroatoms. The second-order valence-electron chi connectivity index (χ2n) is 5.95. The van der Waals surface area contributed by atoms with Crippen molar-refractivity contribution in [3.8, 4) is 11.4 Å². The SMILES string of the molecule is CNc1c(OCCOC)c(=O)n(-c2ccccc2Cl)c2nc(C(F)(F)F)ccc12. The highest BCUT2D eigenvalue weighted by molar-refractivity contribution is 6.32. The summed E-state index contributed by atoms with van der Waals surface area (Å²) in [5.74, 6) is -0.0708. The Bertz CT molecular complexity index is 1100. The van der Waals surface area contributed by atoms with E-state index in [2.05, 4.69) is 10.3 Å². The minimum atomic E-state index is -4.68. The molecule has 0 unspecified atom stereocenters. The molecule has 0 aliphatic rings. The highest BCUT2D eigenvalue weighted by Gasteiger charge is 2.33. The number of rotatable bonds is 6. The first-order valence-corrected chi connectivity index (χ1v) is 8.88. The summed E-state index contributed by atoms with van der Waals surface area (Å²) >= 11 is 6.23. The third-order valence-electron chi connectivity index (χ3n) is 4.15. The summed E-state index contributed by atoms with van der Waals surface area (Å²) in [6, 6.07) is 8.40. The number of hydrogen-bond acceptors (Lipinski definition) is 5. The first-order chi connectivity index (χ1) is 13.8. The molecule has 0 saturated carbocycles. The molecular formula is C19H17ClF3N3O3. The fraction of sp³-hybridized carbons (Fsp3) is 0.263. The molecule has 0 aliphatic carbocycles. The lowest BCUT2D eigenvalue weighted by atomic mass is 10.2. The number of para-hydroxylation sites is 1. The molecule has 29 heavy (non-hydrogen) atoms. The van der Waals surface area contributed by atoms with Gasteiger partial charge in [-0.2, -0.15) is 13.2 Å². The van der Waals surface area contributed by atoms with Crippen molar-refractivity contribution in [3.63, 3.8) is 0 Å². The number of pyridine rings is 2. The van der Waals surface area contributed by atoms with Crippen LogP contribution in [-0.2, 0) is 10.9 Å². The van der Waals surface area contributed by atoms with Crippen LogP contribution in [-0.4, -0.2) is 36.9 Å². The predicted molar refractivity (Wildman–Crippen MR) is 104 cm³/mol. The van der Waals surface area contributed by atoms with E-state index in [1.165, 1.54) is 32.4 Å². The van der Waals surface area contributed by atoms with Gasteiger partial charge in [0.2, 0.25) is 5.75 Å². The van der Waals surface area contributed by atoms with Gasteiger partial charge in [0.1, 0.15) is 17.9 Å². The smallest absolute Gasteiger partial charge is 0.433 e. The van der Waals surface area contributed by atoms with E-state index < -0.39 is 17.4 Å². The predicted octanol–water partition coefficient (Wildman–Crippen LogP) is 4.12. The molecule has 6 nitrogen and oxygen atoms in total. The first kappa shape index (κ1) is 20.9. The van der Waals surface area contributed by atoms with Crippen LogP contribution in [0, 0.1) is 0 Å². The third kappa shape index (κ3) is 4.01. The van der Waals surface area contributed by atoms with E-state index in [4.69, 9.17) is 21.1 Å². The number of nitrogens with one attached hydrogen (secondary N) is 1. The van der Waals surface area contributed by atoms with Gasteiger partial charge in [0.05, 0.1) is 23.0 Å². The van der Waals surface area contributed by atoms with E-state index in [0.29, 0.717) is 0 Å². The summed E-state index contributed by atoms with van der Waals surface area (Å²) in [7, 11) is 3.02. The lowest BCUT2D eigenvalue weighted by Gasteiger charge is -2.19. The van der Waals surface area contributed by atoms with Crippen molar-refractivity contribution in [1.82, 2.24) is 9.55 Å². The molecule has 2 aromatic heterocycles. The molecule has 0 amide bonds. The van der Waals surface area contributed by atoms with Gasteiger partial charge in [-0.15, -0.1) is 0 Å². The number of methoxy groups -OCH3 is 1. The number of anilines is 1. The van der Waals surface area contributed by atoms with Gasteiger partial charge >= 0.3 is 11.7 Å². The summed E-state index contributed by atoms with van der Waals surface area (Å²) < 4.78 is 51.4. The van der Waals surface area contributed by atoms with Gasteiger partial charge in [0.25, 0.3) is 0 Å². The van der Waals surface area contributed by atoms with Gasteiger partial charge in [-0.25, -0.2) is 4.98 Å². The Hall–Kier alpha value is -2.78. The minimum Gasteiger partial charge on any atom is -0.484 e. The van der Waals surface area contributed by atoms with E-state index in [1.807, 2.05) is 0 Å². The topological polar surface area (TPSA) is 65.4 Å². The van der Waals surface area contributed by atoms with Crippen molar-refractivity contribution >= 4 is 28.3 Å². The second-order valence-corrected chi connectivity index (χ2v) is 6.36. The minimum absolute atomic E-state index is 0.0708. The Balaban J connectivity index is 2.42. The van der Waals surface area contributed by atoms with Crippen molar-refractivity contribution < 1.29 is 22.6 Å². The Kier molecular flexibility index (Phi) is 5.99. The molecule has 0 bridgehead atoms. The van der Waals surface area contributed by atoms with Gasteiger partial charge in [0.15, 0.2) is 0 Å². The average Bonchev–Trinajstić information content (AvgIpc) is 2.68. The van der Waals surface area contributed by atoms with E-state index in [0.717, 1.165) is 10.6 Å². The number of hydrogen-bond donors (Lipinski definition) is 1. The van der Waals surface area contributed by atoms with Gasteiger partial charge in [-0.05, 0) is 24.3 Å². The van der Waals surface area contributed by atoms with Crippen LogP contribution in [0.25, 0.3) is 16.7 Å². The zero-order valence-electron chi connectivity index (χ0n) is 15.5. The highest BCUT2D eigenvalue weighted by Crippen LogP contribution is 2.35. The first-order valence-electron chi connectivity index (χ1n) is 8.51. The number of nitrogens with zero attached hydrogens (tertiary/aromatic N) is 2. The zero-order valence-corrected chi connectivity index (χ0v) is 16.3. The fourth-order valence-electron chi connectivity index (χ4n) is 2.86. The Labute approximate surface area is 168 Å². The van der Waals surface area contributed by atoms with Crippen molar-refractivity contribution in [1.29, 1.82) is 0 Å². The standard InChI is InChI=1S/C19H17ClF3N3O3/c1-24-15-11-7-8-14(19(21,22)23)25-17(11)26(13-6-4-3-5-12(13)20)18(27)16(15)29-10-9-28-2/h3-8,24H,9-10H2,1-2H3. The monoisotopic (exact) mass is 427 g/mol. The number of aromatic nitrogens is 2. The number of ether oxygens (including phenoxy) is 2. The highest BCUT2D eigenvalue weighted by atomic mass is 35.5. The van der Waals surface area contributed by atoms with Crippen LogP contribution in [0.5, 0.6) is 5.75 Å².